The van der Waals surface area contributed by atoms with Crippen LogP contribution in [-0.2, 0) is 11.3 Å². The lowest BCUT2D eigenvalue weighted by Crippen LogP contribution is -2.37. The standard InChI is InChI=1S/C21H20N2O3S/c1-13(22-12-14-6-5-9-27-14)21(24)23-17-11-19-16(10-20(17)25-2)15-7-3-4-8-18(15)26-19/h3-11,13,22H,12H2,1-2H3,(H,23,24)/t13-/m0/s1. The highest BCUT2D eigenvalue weighted by molar-refractivity contribution is 7.09. The molecule has 0 unspecified atom stereocenters. The predicted molar refractivity (Wildman–Crippen MR) is 110 cm³/mol. The maximum Gasteiger partial charge on any atom is 0.241 e. The molecule has 0 aliphatic rings. The SMILES string of the molecule is COc1cc2c(cc1NC(=O)[C@H](C)NCc1cccs1)oc1ccccc12. The number of ether oxygens (including phenoxy) is 1. The van der Waals surface area contributed by atoms with E-state index in [0.717, 1.165) is 16.4 Å². The smallest absolute Gasteiger partial charge is 0.241 e. The minimum absolute atomic E-state index is 0.125. The van der Waals surface area contributed by atoms with Crippen LogP contribution in [0, 0.1) is 0 Å². The van der Waals surface area contributed by atoms with Gasteiger partial charge in [-0.3, -0.25) is 4.79 Å². The number of furan rings is 1. The molecular formula is C21H20N2O3S. The molecule has 27 heavy (non-hydrogen) atoms. The Bertz CT molecular complexity index is 1090. The Balaban J connectivity index is 1.56. The maximum atomic E-state index is 12.6. The normalized spacial score (nSPS) is 12.4. The van der Waals surface area contributed by atoms with Crippen LogP contribution in [0.1, 0.15) is 11.8 Å². The van der Waals surface area contributed by atoms with Crippen LogP contribution in [0.4, 0.5) is 5.69 Å². The van der Waals surface area contributed by atoms with Crippen LogP contribution >= 0.6 is 11.3 Å². The number of thiophene rings is 1. The van der Waals surface area contributed by atoms with E-state index in [4.69, 9.17) is 9.15 Å². The van der Waals surface area contributed by atoms with Gasteiger partial charge in [-0.25, -0.2) is 0 Å². The first kappa shape index (κ1) is 17.6. The van der Waals surface area contributed by atoms with Crippen LogP contribution < -0.4 is 15.4 Å². The van der Waals surface area contributed by atoms with Crippen LogP contribution in [0.2, 0.25) is 0 Å². The Morgan fingerprint density at radius 3 is 2.78 bits per heavy atom. The van der Waals surface area contributed by atoms with Gasteiger partial charge in [0.25, 0.3) is 0 Å². The van der Waals surface area contributed by atoms with E-state index >= 15 is 0 Å². The van der Waals surface area contributed by atoms with Gasteiger partial charge in [-0.1, -0.05) is 24.3 Å². The summed E-state index contributed by atoms with van der Waals surface area (Å²) < 4.78 is 11.4. The van der Waals surface area contributed by atoms with E-state index in [0.29, 0.717) is 23.6 Å². The first-order chi connectivity index (χ1) is 13.2. The fourth-order valence-corrected chi connectivity index (χ4v) is 3.67. The Morgan fingerprint density at radius 1 is 1.15 bits per heavy atom. The highest BCUT2D eigenvalue weighted by atomic mass is 32.1. The minimum Gasteiger partial charge on any atom is -0.495 e. The molecule has 6 heteroatoms. The summed E-state index contributed by atoms with van der Waals surface area (Å²) in [6.45, 7) is 2.50. The third-order valence-corrected chi connectivity index (χ3v) is 5.39. The molecule has 0 fully saturated rings. The molecule has 2 heterocycles. The molecule has 2 N–H and O–H groups in total. The average molecular weight is 380 g/mol. The highest BCUT2D eigenvalue weighted by Gasteiger charge is 2.17. The molecule has 0 radical (unpaired) electrons. The Labute approximate surface area is 160 Å². The Hall–Kier alpha value is -2.83. The molecule has 1 atom stereocenters. The van der Waals surface area contributed by atoms with Crippen LogP contribution in [0.25, 0.3) is 21.9 Å². The molecule has 4 rings (SSSR count). The number of fused-ring (bicyclic) bond motifs is 3. The maximum absolute atomic E-state index is 12.6. The van der Waals surface area contributed by atoms with Gasteiger partial charge in [0, 0.05) is 28.3 Å². The predicted octanol–water partition coefficient (Wildman–Crippen LogP) is 4.77. The molecule has 0 aliphatic carbocycles. The van der Waals surface area contributed by atoms with Crippen molar-refractivity contribution in [1.82, 2.24) is 5.32 Å². The first-order valence-corrected chi connectivity index (χ1v) is 9.59. The zero-order valence-electron chi connectivity index (χ0n) is 15.1. The molecule has 5 nitrogen and oxygen atoms in total. The van der Waals surface area contributed by atoms with Crippen molar-refractivity contribution in [2.24, 2.45) is 0 Å². The Kier molecular flexibility index (Phi) is 4.83. The number of para-hydroxylation sites is 1. The fourth-order valence-electron chi connectivity index (χ4n) is 3.02. The minimum atomic E-state index is -0.344. The topological polar surface area (TPSA) is 63.5 Å². The van der Waals surface area contributed by atoms with Gasteiger partial charge in [0.1, 0.15) is 16.9 Å². The quantitative estimate of drug-likeness (QED) is 0.506. The van der Waals surface area contributed by atoms with Gasteiger partial charge in [-0.2, -0.15) is 0 Å². The molecule has 0 aliphatic heterocycles. The number of hydrogen-bond acceptors (Lipinski definition) is 5. The lowest BCUT2D eigenvalue weighted by Gasteiger charge is -2.15. The zero-order valence-corrected chi connectivity index (χ0v) is 15.9. The molecule has 0 bridgehead atoms. The molecule has 2 aromatic heterocycles. The second-order valence-electron chi connectivity index (χ2n) is 6.32. The summed E-state index contributed by atoms with van der Waals surface area (Å²) in [4.78, 5) is 13.8. The number of amides is 1. The van der Waals surface area contributed by atoms with Gasteiger partial charge in [0.15, 0.2) is 0 Å². The fraction of sp³-hybridized carbons (Fsp3) is 0.190. The van der Waals surface area contributed by atoms with Gasteiger partial charge in [0.05, 0.1) is 18.8 Å². The van der Waals surface area contributed by atoms with Crippen LogP contribution in [-0.4, -0.2) is 19.1 Å². The summed E-state index contributed by atoms with van der Waals surface area (Å²) in [6.07, 6.45) is 0. The average Bonchev–Trinajstić information content (AvgIpc) is 3.32. The van der Waals surface area contributed by atoms with Crippen molar-refractivity contribution in [3.8, 4) is 5.75 Å². The molecule has 0 saturated carbocycles. The summed E-state index contributed by atoms with van der Waals surface area (Å²) in [5, 5.41) is 10.2. The molecular weight excluding hydrogens is 360 g/mol. The third-order valence-electron chi connectivity index (χ3n) is 4.51. The number of hydrogen-bond donors (Lipinski definition) is 2. The third kappa shape index (κ3) is 3.54. The summed E-state index contributed by atoms with van der Waals surface area (Å²) >= 11 is 1.66. The number of methoxy groups -OCH3 is 1. The molecule has 0 saturated heterocycles. The van der Waals surface area contributed by atoms with E-state index in [2.05, 4.69) is 10.6 Å². The molecule has 0 spiro atoms. The van der Waals surface area contributed by atoms with E-state index in [9.17, 15) is 4.79 Å². The number of carbonyl (C=O) groups is 1. The van der Waals surface area contributed by atoms with Crippen molar-refractivity contribution in [2.45, 2.75) is 19.5 Å². The summed E-state index contributed by atoms with van der Waals surface area (Å²) in [5.41, 5.74) is 2.12. The molecule has 1 amide bonds. The van der Waals surface area contributed by atoms with Gasteiger partial charge in [-0.05, 0) is 30.5 Å². The van der Waals surface area contributed by atoms with Gasteiger partial charge in [0.2, 0.25) is 5.91 Å². The van der Waals surface area contributed by atoms with E-state index in [1.165, 1.54) is 4.88 Å². The summed E-state index contributed by atoms with van der Waals surface area (Å²) in [7, 11) is 1.59. The summed E-state index contributed by atoms with van der Waals surface area (Å²) in [5.74, 6) is 0.480. The molecule has 138 valence electrons. The van der Waals surface area contributed by atoms with Gasteiger partial charge >= 0.3 is 0 Å². The van der Waals surface area contributed by atoms with Crippen LogP contribution in [0.15, 0.2) is 58.3 Å². The summed E-state index contributed by atoms with van der Waals surface area (Å²) in [6, 6.07) is 15.3. The van der Waals surface area contributed by atoms with Crippen LogP contribution in [0.5, 0.6) is 5.75 Å². The van der Waals surface area contributed by atoms with E-state index in [1.807, 2.05) is 60.8 Å². The zero-order chi connectivity index (χ0) is 18.8. The van der Waals surface area contributed by atoms with Crippen LogP contribution in [0.3, 0.4) is 0 Å². The van der Waals surface area contributed by atoms with Crippen molar-refractivity contribution in [1.29, 1.82) is 0 Å². The second kappa shape index (κ2) is 7.42. The lowest BCUT2D eigenvalue weighted by molar-refractivity contribution is -0.117. The number of carbonyl (C=O) groups excluding carboxylic acids is 1. The van der Waals surface area contributed by atoms with Crippen molar-refractivity contribution < 1.29 is 13.9 Å². The van der Waals surface area contributed by atoms with Gasteiger partial charge in [-0.15, -0.1) is 11.3 Å². The lowest BCUT2D eigenvalue weighted by atomic mass is 10.1. The van der Waals surface area contributed by atoms with E-state index in [-0.39, 0.29) is 11.9 Å². The number of anilines is 1. The monoisotopic (exact) mass is 380 g/mol. The van der Waals surface area contributed by atoms with Crippen molar-refractivity contribution >= 4 is 44.9 Å². The Morgan fingerprint density at radius 2 is 2.00 bits per heavy atom. The largest absolute Gasteiger partial charge is 0.495 e. The second-order valence-corrected chi connectivity index (χ2v) is 7.35. The molecule has 4 aromatic rings. The van der Waals surface area contributed by atoms with E-state index < -0.39 is 0 Å². The highest BCUT2D eigenvalue weighted by Crippen LogP contribution is 2.36. The van der Waals surface area contributed by atoms with Crippen molar-refractivity contribution in [2.75, 3.05) is 12.4 Å². The number of benzene rings is 2. The van der Waals surface area contributed by atoms with E-state index in [1.54, 1.807) is 18.4 Å². The molecule has 2 aromatic carbocycles. The first-order valence-electron chi connectivity index (χ1n) is 8.71. The van der Waals surface area contributed by atoms with Gasteiger partial charge < -0.3 is 19.8 Å². The number of rotatable bonds is 6. The number of nitrogens with one attached hydrogen (secondary N) is 2. The van der Waals surface area contributed by atoms with Crippen molar-refractivity contribution in [3.05, 3.63) is 58.8 Å². The van der Waals surface area contributed by atoms with Crippen molar-refractivity contribution in [3.63, 3.8) is 0 Å².